The van der Waals surface area contributed by atoms with Gasteiger partial charge in [0.05, 0.1) is 6.10 Å². The lowest BCUT2D eigenvalue weighted by atomic mass is 10.1. The molecule has 0 aliphatic carbocycles. The summed E-state index contributed by atoms with van der Waals surface area (Å²) in [6.45, 7) is 6.92. The van der Waals surface area contributed by atoms with Crippen molar-refractivity contribution in [1.82, 2.24) is 9.97 Å². The minimum Gasteiger partial charge on any atom is -0.376 e. The van der Waals surface area contributed by atoms with E-state index in [-0.39, 0.29) is 0 Å². The van der Waals surface area contributed by atoms with Crippen LogP contribution in [0.15, 0.2) is 6.07 Å². The number of aryl methyl sites for hydroxylation is 1. The zero-order chi connectivity index (χ0) is 14.4. The zero-order valence-electron chi connectivity index (χ0n) is 12.4. The van der Waals surface area contributed by atoms with Gasteiger partial charge in [-0.05, 0) is 19.3 Å². The van der Waals surface area contributed by atoms with Crippen LogP contribution in [0.2, 0.25) is 0 Å². The standard InChI is InChI=1S/C14H25N5O/c1-3-8-20-11-6-5-7-19(10-11)14-9-13(18-15)16-12(4-2)17-14/h9,11H,3-8,10,15H2,1-2H3,(H,16,17,18). The first-order chi connectivity index (χ1) is 9.76. The number of aromatic nitrogens is 2. The number of hydrogen-bond donors (Lipinski definition) is 2. The van der Waals surface area contributed by atoms with Gasteiger partial charge in [-0.15, -0.1) is 0 Å². The lowest BCUT2D eigenvalue weighted by Crippen LogP contribution is -2.40. The van der Waals surface area contributed by atoms with Gasteiger partial charge in [-0.3, -0.25) is 0 Å². The number of ether oxygens (including phenoxy) is 1. The molecular formula is C14H25N5O. The molecule has 0 bridgehead atoms. The molecule has 2 rings (SSSR count). The number of nitrogen functional groups attached to an aromatic ring is 1. The fourth-order valence-corrected chi connectivity index (χ4v) is 2.44. The van der Waals surface area contributed by atoms with Gasteiger partial charge in [-0.1, -0.05) is 13.8 Å². The first kappa shape index (κ1) is 15.0. The van der Waals surface area contributed by atoms with Gasteiger partial charge in [0, 0.05) is 32.2 Å². The molecule has 0 amide bonds. The highest BCUT2D eigenvalue weighted by Crippen LogP contribution is 2.22. The Morgan fingerprint density at radius 2 is 2.30 bits per heavy atom. The second-order valence-corrected chi connectivity index (χ2v) is 5.11. The molecule has 112 valence electrons. The van der Waals surface area contributed by atoms with Crippen molar-refractivity contribution in [1.29, 1.82) is 0 Å². The van der Waals surface area contributed by atoms with Crippen molar-refractivity contribution < 1.29 is 4.74 Å². The van der Waals surface area contributed by atoms with Crippen LogP contribution in [0.5, 0.6) is 0 Å². The number of nitrogens with zero attached hydrogens (tertiary/aromatic N) is 3. The summed E-state index contributed by atoms with van der Waals surface area (Å²) in [5.74, 6) is 7.90. The smallest absolute Gasteiger partial charge is 0.145 e. The largest absolute Gasteiger partial charge is 0.376 e. The zero-order valence-corrected chi connectivity index (χ0v) is 12.4. The minimum atomic E-state index is 0.304. The molecule has 0 radical (unpaired) electrons. The van der Waals surface area contributed by atoms with Crippen LogP contribution in [0.25, 0.3) is 0 Å². The summed E-state index contributed by atoms with van der Waals surface area (Å²) < 4.78 is 5.87. The molecule has 6 nitrogen and oxygen atoms in total. The van der Waals surface area contributed by atoms with Gasteiger partial charge in [0.2, 0.25) is 0 Å². The predicted molar refractivity (Wildman–Crippen MR) is 80.7 cm³/mol. The first-order valence-corrected chi connectivity index (χ1v) is 7.48. The molecule has 1 aromatic rings. The summed E-state index contributed by atoms with van der Waals surface area (Å²) in [6, 6.07) is 1.90. The van der Waals surface area contributed by atoms with Crippen molar-refractivity contribution in [2.45, 2.75) is 45.6 Å². The summed E-state index contributed by atoms with van der Waals surface area (Å²) in [5.41, 5.74) is 2.62. The molecule has 0 saturated carbocycles. The Morgan fingerprint density at radius 1 is 1.45 bits per heavy atom. The number of rotatable bonds is 6. The molecule has 3 N–H and O–H groups in total. The molecule has 6 heteroatoms. The minimum absolute atomic E-state index is 0.304. The van der Waals surface area contributed by atoms with E-state index in [1.165, 1.54) is 0 Å². The normalized spacial score (nSPS) is 19.1. The Balaban J connectivity index is 2.09. The Hall–Kier alpha value is -1.40. The van der Waals surface area contributed by atoms with Crippen LogP contribution < -0.4 is 16.2 Å². The molecule has 1 unspecified atom stereocenters. The number of hydrazine groups is 1. The van der Waals surface area contributed by atoms with Crippen molar-refractivity contribution in [3.05, 3.63) is 11.9 Å². The third-order valence-corrected chi connectivity index (χ3v) is 3.48. The molecule has 1 atom stereocenters. The highest BCUT2D eigenvalue weighted by Gasteiger charge is 2.22. The molecule has 0 aromatic carbocycles. The maximum absolute atomic E-state index is 5.87. The van der Waals surface area contributed by atoms with E-state index in [0.717, 1.165) is 57.0 Å². The lowest BCUT2D eigenvalue weighted by Gasteiger charge is -2.33. The van der Waals surface area contributed by atoms with E-state index in [9.17, 15) is 0 Å². The van der Waals surface area contributed by atoms with Gasteiger partial charge in [0.1, 0.15) is 17.5 Å². The van der Waals surface area contributed by atoms with Gasteiger partial charge in [-0.2, -0.15) is 0 Å². The van der Waals surface area contributed by atoms with Crippen molar-refractivity contribution in [2.75, 3.05) is 30.0 Å². The van der Waals surface area contributed by atoms with Crippen molar-refractivity contribution >= 4 is 11.6 Å². The van der Waals surface area contributed by atoms with Crippen LogP contribution in [-0.4, -0.2) is 35.8 Å². The fourth-order valence-electron chi connectivity index (χ4n) is 2.44. The Labute approximate surface area is 120 Å². The first-order valence-electron chi connectivity index (χ1n) is 7.48. The van der Waals surface area contributed by atoms with Gasteiger partial charge < -0.3 is 15.1 Å². The van der Waals surface area contributed by atoms with E-state index in [0.29, 0.717) is 11.9 Å². The summed E-state index contributed by atoms with van der Waals surface area (Å²) in [6.07, 6.45) is 4.42. The Kier molecular flexibility index (Phi) is 5.55. The number of anilines is 2. The maximum atomic E-state index is 5.87. The number of piperidine rings is 1. The third-order valence-electron chi connectivity index (χ3n) is 3.48. The molecule has 1 aliphatic heterocycles. The highest BCUT2D eigenvalue weighted by molar-refractivity contribution is 5.49. The number of nitrogens with two attached hydrogens (primary N) is 1. The molecule has 2 heterocycles. The quantitative estimate of drug-likeness (QED) is 0.610. The molecule has 20 heavy (non-hydrogen) atoms. The number of nitrogens with one attached hydrogen (secondary N) is 1. The van der Waals surface area contributed by atoms with Crippen molar-refractivity contribution in [2.24, 2.45) is 5.84 Å². The van der Waals surface area contributed by atoms with Gasteiger partial charge >= 0.3 is 0 Å². The summed E-state index contributed by atoms with van der Waals surface area (Å²) in [7, 11) is 0. The Bertz CT molecular complexity index is 404. The SMILES string of the molecule is CCCOC1CCCN(c2cc(NN)nc(CC)n2)C1. The van der Waals surface area contributed by atoms with E-state index in [1.807, 2.05) is 13.0 Å². The van der Waals surface area contributed by atoms with Crippen molar-refractivity contribution in [3.8, 4) is 0 Å². The van der Waals surface area contributed by atoms with E-state index in [1.54, 1.807) is 0 Å². The van der Waals surface area contributed by atoms with E-state index in [2.05, 4.69) is 27.2 Å². The predicted octanol–water partition coefficient (Wildman–Crippen LogP) is 1.72. The third kappa shape index (κ3) is 3.80. The van der Waals surface area contributed by atoms with Gasteiger partial charge in [0.15, 0.2) is 0 Å². The molecule has 1 saturated heterocycles. The van der Waals surface area contributed by atoms with Crippen molar-refractivity contribution in [3.63, 3.8) is 0 Å². The second-order valence-electron chi connectivity index (χ2n) is 5.11. The van der Waals surface area contributed by atoms with Crippen LogP contribution in [-0.2, 0) is 11.2 Å². The maximum Gasteiger partial charge on any atom is 0.145 e. The van der Waals surface area contributed by atoms with Crippen LogP contribution in [0.1, 0.15) is 38.9 Å². The van der Waals surface area contributed by atoms with E-state index >= 15 is 0 Å². The van der Waals surface area contributed by atoms with Crippen LogP contribution in [0.3, 0.4) is 0 Å². The van der Waals surface area contributed by atoms with E-state index < -0.39 is 0 Å². The van der Waals surface area contributed by atoms with Gasteiger partial charge in [0.25, 0.3) is 0 Å². The molecule has 1 aliphatic rings. The molecule has 0 spiro atoms. The lowest BCUT2D eigenvalue weighted by molar-refractivity contribution is 0.0439. The van der Waals surface area contributed by atoms with E-state index in [4.69, 9.17) is 10.6 Å². The second kappa shape index (κ2) is 7.40. The summed E-state index contributed by atoms with van der Waals surface area (Å²) in [5, 5.41) is 0. The van der Waals surface area contributed by atoms with Crippen LogP contribution in [0, 0.1) is 0 Å². The summed E-state index contributed by atoms with van der Waals surface area (Å²) >= 11 is 0. The molecular weight excluding hydrogens is 254 g/mol. The summed E-state index contributed by atoms with van der Waals surface area (Å²) in [4.78, 5) is 11.2. The van der Waals surface area contributed by atoms with Crippen LogP contribution >= 0.6 is 0 Å². The molecule has 1 fully saturated rings. The average Bonchev–Trinajstić information content (AvgIpc) is 2.52. The Morgan fingerprint density at radius 3 is 3.00 bits per heavy atom. The monoisotopic (exact) mass is 279 g/mol. The average molecular weight is 279 g/mol. The fraction of sp³-hybridized carbons (Fsp3) is 0.714. The van der Waals surface area contributed by atoms with Crippen LogP contribution in [0.4, 0.5) is 11.6 Å². The van der Waals surface area contributed by atoms with Gasteiger partial charge in [-0.25, -0.2) is 15.8 Å². The number of hydrogen-bond acceptors (Lipinski definition) is 6. The molecule has 1 aromatic heterocycles. The highest BCUT2D eigenvalue weighted by atomic mass is 16.5. The topological polar surface area (TPSA) is 76.3 Å².